The number of benzene rings is 2. The molecular formula is C27H37N5O. The molecule has 1 unspecified atom stereocenters. The summed E-state index contributed by atoms with van der Waals surface area (Å²) in [5.74, 6) is 0.866. The zero-order valence-corrected chi connectivity index (χ0v) is 20.5. The summed E-state index contributed by atoms with van der Waals surface area (Å²) in [6.45, 7) is 6.29. The lowest BCUT2D eigenvalue weighted by Crippen LogP contribution is -2.39. The quantitative estimate of drug-likeness (QED) is 0.529. The van der Waals surface area contributed by atoms with E-state index in [-0.39, 0.29) is 6.04 Å². The smallest absolute Gasteiger partial charge is 0.120 e. The lowest BCUT2D eigenvalue weighted by atomic mass is 9.91. The summed E-state index contributed by atoms with van der Waals surface area (Å²) in [5.41, 5.74) is 12.4. The zero-order valence-electron chi connectivity index (χ0n) is 20.5. The van der Waals surface area contributed by atoms with Crippen LogP contribution in [-0.2, 0) is 0 Å². The first-order chi connectivity index (χ1) is 16.0. The highest BCUT2D eigenvalue weighted by atomic mass is 16.5. The molecule has 2 aliphatic rings. The zero-order chi connectivity index (χ0) is 23.4. The van der Waals surface area contributed by atoms with E-state index in [9.17, 15) is 0 Å². The van der Waals surface area contributed by atoms with Crippen molar-refractivity contribution in [2.45, 2.75) is 39.2 Å². The molecule has 1 atom stereocenters. The van der Waals surface area contributed by atoms with Crippen molar-refractivity contribution in [3.8, 4) is 5.75 Å². The minimum Gasteiger partial charge on any atom is -0.497 e. The van der Waals surface area contributed by atoms with E-state index >= 15 is 0 Å². The van der Waals surface area contributed by atoms with Gasteiger partial charge in [0.05, 0.1) is 24.5 Å². The molecule has 2 heterocycles. The molecule has 3 N–H and O–H groups in total. The first kappa shape index (κ1) is 23.2. The summed E-state index contributed by atoms with van der Waals surface area (Å²) in [7, 11) is 5.81. The number of methoxy groups -OCH3 is 1. The maximum atomic E-state index is 5.46. The molecule has 0 aromatic heterocycles. The van der Waals surface area contributed by atoms with Crippen LogP contribution in [0.5, 0.6) is 5.75 Å². The molecule has 0 radical (unpaired) electrons. The summed E-state index contributed by atoms with van der Waals surface area (Å²) in [6, 6.07) is 15.4. The second kappa shape index (κ2) is 10.3. The molecule has 0 bridgehead atoms. The number of rotatable bonds is 8. The van der Waals surface area contributed by atoms with Gasteiger partial charge in [0, 0.05) is 30.9 Å². The molecule has 0 amide bonds. The second-order valence-electron chi connectivity index (χ2n) is 8.76. The maximum Gasteiger partial charge on any atom is 0.120 e. The van der Waals surface area contributed by atoms with Crippen LogP contribution < -0.4 is 20.9 Å². The molecule has 176 valence electrons. The predicted octanol–water partition coefficient (Wildman–Crippen LogP) is 5.01. The van der Waals surface area contributed by atoms with Crippen LogP contribution in [-0.4, -0.2) is 44.3 Å². The predicted molar refractivity (Wildman–Crippen MR) is 137 cm³/mol. The molecule has 2 aromatic carbocycles. The average molecular weight is 448 g/mol. The molecule has 0 saturated carbocycles. The van der Waals surface area contributed by atoms with E-state index in [2.05, 4.69) is 83.5 Å². The summed E-state index contributed by atoms with van der Waals surface area (Å²) >= 11 is 0. The number of anilines is 1. The van der Waals surface area contributed by atoms with Gasteiger partial charge in [-0.25, -0.2) is 0 Å². The highest BCUT2D eigenvalue weighted by molar-refractivity contribution is 5.75. The number of nitrogens with zero attached hydrogens (tertiary/aromatic N) is 2. The molecule has 6 heteroatoms. The Morgan fingerprint density at radius 1 is 1.24 bits per heavy atom. The second-order valence-corrected chi connectivity index (χ2v) is 8.76. The maximum absolute atomic E-state index is 5.46. The molecular weight excluding hydrogens is 410 g/mol. The van der Waals surface area contributed by atoms with Crippen molar-refractivity contribution < 1.29 is 4.74 Å². The highest BCUT2D eigenvalue weighted by Crippen LogP contribution is 2.40. The van der Waals surface area contributed by atoms with Crippen LogP contribution >= 0.6 is 0 Å². The van der Waals surface area contributed by atoms with Gasteiger partial charge in [0.25, 0.3) is 0 Å². The summed E-state index contributed by atoms with van der Waals surface area (Å²) in [4.78, 5) is 0. The Bertz CT molecular complexity index is 1040. The average Bonchev–Trinajstić information content (AvgIpc) is 3.02. The Kier molecular flexibility index (Phi) is 7.26. The van der Waals surface area contributed by atoms with E-state index in [1.165, 1.54) is 33.7 Å². The Balaban J connectivity index is 1.79. The monoisotopic (exact) mass is 447 g/mol. The first-order valence-corrected chi connectivity index (χ1v) is 11.9. The molecule has 2 aliphatic heterocycles. The number of hydrazine groups is 2. The van der Waals surface area contributed by atoms with E-state index in [0.717, 1.165) is 43.8 Å². The van der Waals surface area contributed by atoms with Crippen molar-refractivity contribution in [1.29, 1.82) is 0 Å². The van der Waals surface area contributed by atoms with Gasteiger partial charge in [0.2, 0.25) is 0 Å². The summed E-state index contributed by atoms with van der Waals surface area (Å²) in [5, 5.41) is 11.5. The molecule has 4 rings (SSSR count). The molecule has 0 fully saturated rings. The summed E-state index contributed by atoms with van der Waals surface area (Å²) < 4.78 is 5.46. The lowest BCUT2D eigenvalue weighted by molar-refractivity contribution is 0.160. The number of ether oxygens (including phenoxy) is 1. The fourth-order valence-corrected chi connectivity index (χ4v) is 4.78. The standard InChI is InChI=1S/C27H37N5O/c1-6-8-20(13-15-28-3)21-11-12-24-25(17-21)26(29-22-9-7-10-23(18-22)33-5)14-16-32-27(24)19(2)31(4)30-32/h7-12,17-18,26,28-30H,6,13-16H2,1-5H3/b20-8+. The van der Waals surface area contributed by atoms with Gasteiger partial charge in [-0.3, -0.25) is 10.0 Å². The van der Waals surface area contributed by atoms with Crippen LogP contribution in [0.1, 0.15) is 55.8 Å². The number of fused-ring (bicyclic) bond motifs is 3. The van der Waals surface area contributed by atoms with Gasteiger partial charge in [0.15, 0.2) is 0 Å². The normalized spacial score (nSPS) is 18.2. The van der Waals surface area contributed by atoms with Crippen LogP contribution in [0, 0.1) is 0 Å². The number of hydrogen-bond donors (Lipinski definition) is 3. The molecule has 33 heavy (non-hydrogen) atoms. The Morgan fingerprint density at radius 2 is 2.09 bits per heavy atom. The molecule has 0 saturated heterocycles. The number of allylic oxidation sites excluding steroid dienone is 2. The minimum atomic E-state index is 0.192. The van der Waals surface area contributed by atoms with Crippen LogP contribution in [0.2, 0.25) is 0 Å². The van der Waals surface area contributed by atoms with Gasteiger partial charge in [-0.15, -0.1) is 5.53 Å². The third kappa shape index (κ3) is 4.87. The molecule has 6 nitrogen and oxygen atoms in total. The van der Waals surface area contributed by atoms with Crippen molar-refractivity contribution in [2.75, 3.05) is 39.6 Å². The van der Waals surface area contributed by atoms with Gasteiger partial charge in [0.1, 0.15) is 5.75 Å². The van der Waals surface area contributed by atoms with E-state index in [1.54, 1.807) is 7.11 Å². The Morgan fingerprint density at radius 3 is 2.85 bits per heavy atom. The van der Waals surface area contributed by atoms with Gasteiger partial charge >= 0.3 is 0 Å². The third-order valence-corrected chi connectivity index (χ3v) is 6.59. The van der Waals surface area contributed by atoms with E-state index in [0.29, 0.717) is 0 Å². The fourth-order valence-electron chi connectivity index (χ4n) is 4.78. The largest absolute Gasteiger partial charge is 0.497 e. The SMILES string of the molecule is CC/C=C(\CCNC)c1ccc2c(c1)C(Nc1cccc(OC)c1)CCN1NN(C)C(C)=C21. The van der Waals surface area contributed by atoms with Crippen molar-refractivity contribution in [3.05, 3.63) is 70.9 Å². The lowest BCUT2D eigenvalue weighted by Gasteiger charge is -2.23. The van der Waals surface area contributed by atoms with Gasteiger partial charge in [-0.1, -0.05) is 31.2 Å². The van der Waals surface area contributed by atoms with Crippen LogP contribution in [0.25, 0.3) is 11.3 Å². The van der Waals surface area contributed by atoms with Crippen molar-refractivity contribution in [1.82, 2.24) is 20.9 Å². The van der Waals surface area contributed by atoms with E-state index in [4.69, 9.17) is 4.74 Å². The minimum absolute atomic E-state index is 0.192. The topological polar surface area (TPSA) is 51.8 Å². The van der Waals surface area contributed by atoms with Crippen molar-refractivity contribution in [3.63, 3.8) is 0 Å². The van der Waals surface area contributed by atoms with E-state index < -0.39 is 0 Å². The van der Waals surface area contributed by atoms with Crippen LogP contribution in [0.15, 0.2) is 54.2 Å². The third-order valence-electron chi connectivity index (χ3n) is 6.59. The van der Waals surface area contributed by atoms with Crippen LogP contribution in [0.4, 0.5) is 5.69 Å². The Labute approximate surface area is 198 Å². The van der Waals surface area contributed by atoms with Crippen molar-refractivity contribution >= 4 is 17.0 Å². The summed E-state index contributed by atoms with van der Waals surface area (Å²) in [6.07, 6.45) is 5.40. The van der Waals surface area contributed by atoms with E-state index in [1.807, 2.05) is 19.2 Å². The number of nitrogens with one attached hydrogen (secondary N) is 3. The molecule has 2 aromatic rings. The van der Waals surface area contributed by atoms with Crippen LogP contribution in [0.3, 0.4) is 0 Å². The molecule has 0 aliphatic carbocycles. The Hall–Kier alpha value is -2.96. The van der Waals surface area contributed by atoms with Crippen molar-refractivity contribution in [2.24, 2.45) is 0 Å². The fraction of sp³-hybridized carbons (Fsp3) is 0.407. The van der Waals surface area contributed by atoms with Gasteiger partial charge < -0.3 is 15.4 Å². The molecule has 0 spiro atoms. The van der Waals surface area contributed by atoms with Gasteiger partial charge in [-0.05, 0) is 74.7 Å². The first-order valence-electron chi connectivity index (χ1n) is 11.9. The number of hydrogen-bond acceptors (Lipinski definition) is 6. The van der Waals surface area contributed by atoms with Gasteiger partial charge in [-0.2, -0.15) is 0 Å². The highest BCUT2D eigenvalue weighted by Gasteiger charge is 2.32.